The van der Waals surface area contributed by atoms with Gasteiger partial charge in [0.05, 0.1) is 11.1 Å². The second-order valence-corrected chi connectivity index (χ2v) is 5.64. The Hall–Kier alpha value is -2.68. The Bertz CT molecular complexity index is 822. The molecule has 0 radical (unpaired) electrons. The van der Waals surface area contributed by atoms with Crippen LogP contribution >= 0.6 is 0 Å². The summed E-state index contributed by atoms with van der Waals surface area (Å²) in [5.74, 6) is 0. The summed E-state index contributed by atoms with van der Waals surface area (Å²) < 4.78 is 0. The predicted molar refractivity (Wildman–Crippen MR) is 88.0 cm³/mol. The van der Waals surface area contributed by atoms with Crippen LogP contribution in [-0.2, 0) is 5.41 Å². The summed E-state index contributed by atoms with van der Waals surface area (Å²) in [4.78, 5) is 19.4. The third-order valence-electron chi connectivity index (χ3n) is 4.08. The molecule has 22 heavy (non-hydrogen) atoms. The lowest BCUT2D eigenvalue weighted by Crippen LogP contribution is -2.29. The molecule has 2 heterocycles. The summed E-state index contributed by atoms with van der Waals surface area (Å²) in [7, 11) is 0. The minimum absolute atomic E-state index is 0.105. The first-order valence-corrected chi connectivity index (χ1v) is 7.29. The maximum Gasteiger partial charge on any atom is 0.248 e. The number of aryl methyl sites for hydroxylation is 1. The number of hydrogen-bond donors (Lipinski definition) is 1. The van der Waals surface area contributed by atoms with E-state index in [9.17, 15) is 4.79 Å². The summed E-state index contributed by atoms with van der Waals surface area (Å²) in [6.45, 7) is 4.10. The Kier molecular flexibility index (Phi) is 3.63. The highest BCUT2D eigenvalue weighted by Crippen LogP contribution is 2.36. The fraction of sp³-hybridized carbons (Fsp3) is 0.158. The van der Waals surface area contributed by atoms with E-state index in [0.29, 0.717) is 0 Å². The Labute approximate surface area is 129 Å². The van der Waals surface area contributed by atoms with Crippen molar-refractivity contribution >= 4 is 0 Å². The molecule has 1 atom stereocenters. The van der Waals surface area contributed by atoms with Gasteiger partial charge in [-0.15, -0.1) is 0 Å². The fourth-order valence-corrected chi connectivity index (χ4v) is 2.72. The van der Waals surface area contributed by atoms with Crippen LogP contribution in [0.25, 0.3) is 0 Å². The van der Waals surface area contributed by atoms with Crippen LogP contribution in [0.2, 0.25) is 0 Å². The molecule has 3 rings (SSSR count). The molecule has 3 heteroatoms. The zero-order chi connectivity index (χ0) is 15.6. The lowest BCUT2D eigenvalue weighted by atomic mass is 9.76. The van der Waals surface area contributed by atoms with E-state index in [1.54, 1.807) is 6.07 Å². The Morgan fingerprint density at radius 1 is 0.955 bits per heavy atom. The zero-order valence-electron chi connectivity index (χ0n) is 12.7. The van der Waals surface area contributed by atoms with Gasteiger partial charge < -0.3 is 4.98 Å². The van der Waals surface area contributed by atoms with E-state index in [4.69, 9.17) is 0 Å². The Morgan fingerprint density at radius 2 is 1.73 bits per heavy atom. The van der Waals surface area contributed by atoms with E-state index < -0.39 is 5.41 Å². The quantitative estimate of drug-likeness (QED) is 0.803. The number of aromatic amines is 1. The van der Waals surface area contributed by atoms with Gasteiger partial charge in [-0.25, -0.2) is 0 Å². The molecule has 0 bridgehead atoms. The molecule has 3 aromatic rings. The average molecular weight is 290 g/mol. The molecule has 0 fully saturated rings. The van der Waals surface area contributed by atoms with Gasteiger partial charge in [-0.3, -0.25) is 9.78 Å². The average Bonchev–Trinajstić information content (AvgIpc) is 2.55. The number of nitrogens with zero attached hydrogens (tertiary/aromatic N) is 1. The van der Waals surface area contributed by atoms with Crippen LogP contribution in [0.3, 0.4) is 0 Å². The number of nitrogens with one attached hydrogen (secondary N) is 1. The maximum atomic E-state index is 11.8. The monoisotopic (exact) mass is 290 g/mol. The minimum Gasteiger partial charge on any atom is -0.325 e. The first-order chi connectivity index (χ1) is 10.6. The highest BCUT2D eigenvalue weighted by molar-refractivity contribution is 5.44. The van der Waals surface area contributed by atoms with Crippen LogP contribution in [0.15, 0.2) is 71.7 Å². The molecule has 1 unspecified atom stereocenters. The highest BCUT2D eigenvalue weighted by Gasteiger charge is 2.33. The van der Waals surface area contributed by atoms with Gasteiger partial charge in [0.2, 0.25) is 5.56 Å². The van der Waals surface area contributed by atoms with Crippen molar-refractivity contribution in [1.29, 1.82) is 0 Å². The Morgan fingerprint density at radius 3 is 2.36 bits per heavy atom. The largest absolute Gasteiger partial charge is 0.325 e. The van der Waals surface area contributed by atoms with Crippen molar-refractivity contribution in [3.05, 3.63) is 99.7 Å². The number of aromatic nitrogens is 2. The molecular weight excluding hydrogens is 272 g/mol. The minimum atomic E-state index is -0.505. The van der Waals surface area contributed by atoms with Crippen molar-refractivity contribution in [2.75, 3.05) is 0 Å². The van der Waals surface area contributed by atoms with Crippen LogP contribution in [0.5, 0.6) is 0 Å². The maximum absolute atomic E-state index is 11.8. The van der Waals surface area contributed by atoms with Crippen LogP contribution in [0.1, 0.15) is 29.4 Å². The predicted octanol–water partition coefficient (Wildman–Crippen LogP) is 3.43. The number of pyridine rings is 2. The van der Waals surface area contributed by atoms with Gasteiger partial charge in [0.1, 0.15) is 0 Å². The summed E-state index contributed by atoms with van der Waals surface area (Å²) in [5, 5.41) is 0. The van der Waals surface area contributed by atoms with E-state index in [0.717, 1.165) is 22.5 Å². The van der Waals surface area contributed by atoms with Crippen molar-refractivity contribution in [2.24, 2.45) is 0 Å². The normalized spacial score (nSPS) is 13.5. The van der Waals surface area contributed by atoms with Gasteiger partial charge in [0.25, 0.3) is 0 Å². The van der Waals surface area contributed by atoms with Gasteiger partial charge in [0, 0.05) is 18.0 Å². The SMILES string of the molecule is Cc1ccc(C(C)(c2ccccc2)c2cccc(=O)[nH]2)nc1. The smallest absolute Gasteiger partial charge is 0.248 e. The van der Waals surface area contributed by atoms with E-state index in [-0.39, 0.29) is 5.56 Å². The molecule has 0 saturated carbocycles. The van der Waals surface area contributed by atoms with Crippen molar-refractivity contribution in [3.63, 3.8) is 0 Å². The molecule has 0 amide bonds. The lowest BCUT2D eigenvalue weighted by molar-refractivity contribution is 0.638. The number of H-pyrrole nitrogens is 1. The number of benzene rings is 1. The number of rotatable bonds is 3. The first kappa shape index (κ1) is 14.3. The molecule has 3 nitrogen and oxygen atoms in total. The molecule has 1 N–H and O–H groups in total. The summed E-state index contributed by atoms with van der Waals surface area (Å²) in [6.07, 6.45) is 1.86. The van der Waals surface area contributed by atoms with Gasteiger partial charge >= 0.3 is 0 Å². The molecule has 0 spiro atoms. The van der Waals surface area contributed by atoms with Gasteiger partial charge in [0.15, 0.2) is 0 Å². The van der Waals surface area contributed by atoms with E-state index in [1.807, 2.05) is 49.5 Å². The van der Waals surface area contributed by atoms with Gasteiger partial charge in [-0.2, -0.15) is 0 Å². The number of hydrogen-bond acceptors (Lipinski definition) is 2. The van der Waals surface area contributed by atoms with Crippen molar-refractivity contribution in [3.8, 4) is 0 Å². The van der Waals surface area contributed by atoms with Crippen molar-refractivity contribution in [2.45, 2.75) is 19.3 Å². The van der Waals surface area contributed by atoms with Gasteiger partial charge in [-0.05, 0) is 37.1 Å². The molecule has 2 aromatic heterocycles. The summed E-state index contributed by atoms with van der Waals surface area (Å²) >= 11 is 0. The summed E-state index contributed by atoms with van der Waals surface area (Å²) in [6, 6.07) is 19.4. The molecule has 0 aliphatic carbocycles. The van der Waals surface area contributed by atoms with Crippen LogP contribution in [-0.4, -0.2) is 9.97 Å². The van der Waals surface area contributed by atoms with E-state index in [1.165, 1.54) is 6.07 Å². The zero-order valence-corrected chi connectivity index (χ0v) is 12.7. The van der Waals surface area contributed by atoms with E-state index in [2.05, 4.69) is 29.0 Å². The lowest BCUT2D eigenvalue weighted by Gasteiger charge is -2.30. The standard InChI is InChI=1S/C19H18N2O/c1-14-11-12-16(20-13-14)19(2,15-7-4-3-5-8-15)17-9-6-10-18(22)21-17/h3-13H,1-2H3,(H,21,22). The highest BCUT2D eigenvalue weighted by atomic mass is 16.1. The molecule has 0 aliphatic heterocycles. The van der Waals surface area contributed by atoms with Crippen LogP contribution in [0, 0.1) is 6.92 Å². The molecular formula is C19H18N2O. The topological polar surface area (TPSA) is 45.8 Å². The van der Waals surface area contributed by atoms with Crippen molar-refractivity contribution < 1.29 is 0 Å². The molecule has 110 valence electrons. The second kappa shape index (κ2) is 5.60. The van der Waals surface area contributed by atoms with E-state index >= 15 is 0 Å². The first-order valence-electron chi connectivity index (χ1n) is 7.29. The third-order valence-corrected chi connectivity index (χ3v) is 4.08. The Balaban J connectivity index is 2.27. The molecule has 0 saturated heterocycles. The van der Waals surface area contributed by atoms with Crippen LogP contribution in [0.4, 0.5) is 0 Å². The third kappa shape index (κ3) is 2.46. The van der Waals surface area contributed by atoms with Crippen LogP contribution < -0.4 is 5.56 Å². The second-order valence-electron chi connectivity index (χ2n) is 5.64. The molecule has 1 aromatic carbocycles. The fourth-order valence-electron chi connectivity index (χ4n) is 2.72. The van der Waals surface area contributed by atoms with Crippen molar-refractivity contribution in [1.82, 2.24) is 9.97 Å². The summed E-state index contributed by atoms with van der Waals surface area (Å²) in [5.41, 5.74) is 3.34. The molecule has 0 aliphatic rings. The van der Waals surface area contributed by atoms with Gasteiger partial charge in [-0.1, -0.05) is 42.5 Å².